The van der Waals surface area contributed by atoms with E-state index in [4.69, 9.17) is 14.6 Å². The first-order valence-corrected chi connectivity index (χ1v) is 6.74. The van der Waals surface area contributed by atoms with E-state index in [1.807, 2.05) is 0 Å². The Morgan fingerprint density at radius 1 is 1.13 bits per heavy atom. The van der Waals surface area contributed by atoms with Crippen LogP contribution < -0.4 is 0 Å². The van der Waals surface area contributed by atoms with Crippen molar-refractivity contribution < 1.29 is 40.1 Å². The summed E-state index contributed by atoms with van der Waals surface area (Å²) in [7, 11) is 0. The minimum Gasteiger partial charge on any atom is -0.508 e. The van der Waals surface area contributed by atoms with Crippen molar-refractivity contribution >= 4 is 0 Å². The molecular formula is C14H17NO8. The summed E-state index contributed by atoms with van der Waals surface area (Å²) in [4.78, 5) is 0. The number of hydrogen-bond donors (Lipinski definition) is 6. The highest BCUT2D eigenvalue weighted by Crippen LogP contribution is 2.30. The second-order valence-electron chi connectivity index (χ2n) is 5.12. The number of nitrogens with zero attached hydrogens (tertiary/aromatic N) is 1. The third kappa shape index (κ3) is 3.44. The van der Waals surface area contributed by atoms with Crippen molar-refractivity contribution in [1.82, 2.24) is 0 Å². The zero-order valence-electron chi connectivity index (χ0n) is 11.9. The van der Waals surface area contributed by atoms with Gasteiger partial charge in [-0.15, -0.1) is 0 Å². The van der Waals surface area contributed by atoms with E-state index in [-0.39, 0.29) is 11.3 Å². The van der Waals surface area contributed by atoms with Crippen molar-refractivity contribution in [2.45, 2.75) is 36.5 Å². The number of aromatic hydroxyl groups is 1. The van der Waals surface area contributed by atoms with Gasteiger partial charge < -0.3 is 40.1 Å². The van der Waals surface area contributed by atoms with Gasteiger partial charge in [0.2, 0.25) is 0 Å². The van der Waals surface area contributed by atoms with Crippen LogP contribution in [0.4, 0.5) is 0 Å². The van der Waals surface area contributed by atoms with Gasteiger partial charge in [0.1, 0.15) is 36.2 Å². The third-order valence-electron chi connectivity index (χ3n) is 3.55. The van der Waals surface area contributed by atoms with Gasteiger partial charge in [-0.3, -0.25) is 0 Å². The number of ether oxygens (including phenoxy) is 2. The van der Waals surface area contributed by atoms with Gasteiger partial charge in [-0.1, -0.05) is 0 Å². The van der Waals surface area contributed by atoms with Crippen LogP contribution in [-0.4, -0.2) is 68.0 Å². The predicted molar refractivity (Wildman–Crippen MR) is 72.5 cm³/mol. The number of hydrogen-bond acceptors (Lipinski definition) is 9. The van der Waals surface area contributed by atoms with E-state index >= 15 is 0 Å². The zero-order chi connectivity index (χ0) is 17.2. The molecule has 1 aromatic carbocycles. The minimum atomic E-state index is -2.54. The molecule has 126 valence electrons. The number of phenols is 1. The average Bonchev–Trinajstić information content (AvgIpc) is 2.55. The largest absolute Gasteiger partial charge is 0.508 e. The van der Waals surface area contributed by atoms with Crippen LogP contribution in [-0.2, 0) is 15.3 Å². The summed E-state index contributed by atoms with van der Waals surface area (Å²) < 4.78 is 10.2. The summed E-state index contributed by atoms with van der Waals surface area (Å²) in [5.74, 6) is -2.64. The molecule has 0 bridgehead atoms. The molecule has 1 fully saturated rings. The second-order valence-corrected chi connectivity index (χ2v) is 5.12. The Morgan fingerprint density at radius 2 is 1.74 bits per heavy atom. The van der Waals surface area contributed by atoms with Crippen LogP contribution in [0.15, 0.2) is 24.3 Å². The molecule has 0 radical (unpaired) electrons. The summed E-state index contributed by atoms with van der Waals surface area (Å²) in [5, 5.41) is 67.0. The van der Waals surface area contributed by atoms with Crippen LogP contribution in [0.3, 0.4) is 0 Å². The normalized spacial score (nSPS) is 33.7. The van der Waals surface area contributed by atoms with E-state index in [0.29, 0.717) is 0 Å². The molecule has 0 aliphatic carbocycles. The molecule has 0 aromatic heterocycles. The molecule has 0 amide bonds. The first-order chi connectivity index (χ1) is 10.8. The number of phenolic OH excluding ortho intramolecular Hbond substituents is 1. The van der Waals surface area contributed by atoms with Crippen molar-refractivity contribution in [2.24, 2.45) is 0 Å². The maximum Gasteiger partial charge on any atom is 0.286 e. The molecule has 9 heteroatoms. The summed E-state index contributed by atoms with van der Waals surface area (Å²) in [6.07, 6.45) is -7.96. The Hall–Kier alpha value is -1.77. The number of aliphatic hydroxyl groups excluding tert-OH is 4. The van der Waals surface area contributed by atoms with E-state index in [1.165, 1.54) is 30.3 Å². The van der Waals surface area contributed by atoms with Crippen LogP contribution in [0.5, 0.6) is 5.75 Å². The van der Waals surface area contributed by atoms with Gasteiger partial charge in [-0.25, -0.2) is 0 Å². The third-order valence-corrected chi connectivity index (χ3v) is 3.55. The quantitative estimate of drug-likeness (QED) is 0.268. The fourth-order valence-electron chi connectivity index (χ4n) is 2.18. The zero-order valence-corrected chi connectivity index (χ0v) is 11.9. The SMILES string of the molecule is N#C[C@@](O)(O[C@@H]1O[C@H](CO)[C@@H](O)[C@H](O)[C@H]1O)c1ccc(O)cc1. The molecule has 2 rings (SSSR count). The van der Waals surface area contributed by atoms with E-state index < -0.39 is 43.1 Å². The maximum atomic E-state index is 10.3. The average molecular weight is 327 g/mol. The van der Waals surface area contributed by atoms with Crippen LogP contribution in [0, 0.1) is 11.3 Å². The molecule has 9 nitrogen and oxygen atoms in total. The predicted octanol–water partition coefficient (Wildman–Crippen LogP) is -2.12. The first-order valence-electron chi connectivity index (χ1n) is 6.74. The number of benzene rings is 1. The molecule has 0 unspecified atom stereocenters. The monoisotopic (exact) mass is 327 g/mol. The molecule has 6 atom stereocenters. The fourth-order valence-corrected chi connectivity index (χ4v) is 2.18. The lowest BCUT2D eigenvalue weighted by Crippen LogP contribution is -2.60. The molecule has 1 heterocycles. The summed E-state index contributed by atoms with van der Waals surface area (Å²) >= 11 is 0. The minimum absolute atomic E-state index is 0.0465. The molecule has 0 saturated carbocycles. The Kier molecular flexibility index (Phi) is 5.18. The van der Waals surface area contributed by atoms with Crippen molar-refractivity contribution in [3.63, 3.8) is 0 Å². The van der Waals surface area contributed by atoms with Crippen molar-refractivity contribution in [3.8, 4) is 11.8 Å². The molecule has 1 saturated heterocycles. The maximum absolute atomic E-state index is 10.3. The summed E-state index contributed by atoms with van der Waals surface area (Å²) in [6, 6.07) is 6.38. The molecular weight excluding hydrogens is 310 g/mol. The van der Waals surface area contributed by atoms with Gasteiger partial charge in [-0.05, 0) is 24.3 Å². The van der Waals surface area contributed by atoms with Crippen LogP contribution in [0.2, 0.25) is 0 Å². The first kappa shape index (κ1) is 17.6. The van der Waals surface area contributed by atoms with Gasteiger partial charge in [0.15, 0.2) is 6.29 Å². The van der Waals surface area contributed by atoms with E-state index in [9.17, 15) is 30.8 Å². The molecule has 23 heavy (non-hydrogen) atoms. The van der Waals surface area contributed by atoms with Crippen LogP contribution in [0.25, 0.3) is 0 Å². The van der Waals surface area contributed by atoms with E-state index in [0.717, 1.165) is 0 Å². The Morgan fingerprint density at radius 3 is 2.26 bits per heavy atom. The van der Waals surface area contributed by atoms with Crippen molar-refractivity contribution in [2.75, 3.05) is 6.61 Å². The van der Waals surface area contributed by atoms with Gasteiger partial charge in [0.05, 0.1) is 6.61 Å². The molecule has 1 aliphatic rings. The van der Waals surface area contributed by atoms with Gasteiger partial charge >= 0.3 is 0 Å². The lowest BCUT2D eigenvalue weighted by molar-refractivity contribution is -0.352. The number of rotatable bonds is 4. The lowest BCUT2D eigenvalue weighted by atomic mass is 9.99. The topological polar surface area (TPSA) is 164 Å². The molecule has 6 N–H and O–H groups in total. The highest BCUT2D eigenvalue weighted by Gasteiger charge is 2.47. The van der Waals surface area contributed by atoms with Crippen molar-refractivity contribution in [1.29, 1.82) is 5.26 Å². The second kappa shape index (κ2) is 6.77. The highest BCUT2D eigenvalue weighted by atomic mass is 16.8. The molecule has 1 aromatic rings. The molecule has 1 aliphatic heterocycles. The van der Waals surface area contributed by atoms with Gasteiger partial charge in [-0.2, -0.15) is 5.26 Å². The number of aliphatic hydroxyl groups is 5. The Bertz CT molecular complexity index is 571. The number of nitriles is 1. The van der Waals surface area contributed by atoms with Gasteiger partial charge in [0.25, 0.3) is 5.79 Å². The summed E-state index contributed by atoms with van der Waals surface area (Å²) in [5.41, 5.74) is -0.0465. The molecule has 0 spiro atoms. The lowest BCUT2D eigenvalue weighted by Gasteiger charge is -2.41. The van der Waals surface area contributed by atoms with E-state index in [1.54, 1.807) is 0 Å². The highest BCUT2D eigenvalue weighted by molar-refractivity contribution is 5.31. The Balaban J connectivity index is 2.23. The smallest absolute Gasteiger partial charge is 0.286 e. The van der Waals surface area contributed by atoms with Crippen LogP contribution in [0.1, 0.15) is 5.56 Å². The summed E-state index contributed by atoms with van der Waals surface area (Å²) in [6.45, 7) is -0.672. The standard InChI is InChI=1S/C14H17NO8/c15-6-14(21,7-1-3-8(17)4-2-7)23-13-12(20)11(19)10(18)9(5-16)22-13/h1-4,9-13,16-21H,5H2/t9-,10-,11+,12-,13+,14-/m1/s1. The van der Waals surface area contributed by atoms with E-state index in [2.05, 4.69) is 0 Å². The fraction of sp³-hybridized carbons (Fsp3) is 0.500. The Labute approximate surface area is 131 Å². The van der Waals surface area contributed by atoms with Crippen LogP contribution >= 0.6 is 0 Å². The van der Waals surface area contributed by atoms with Crippen molar-refractivity contribution in [3.05, 3.63) is 29.8 Å². The van der Waals surface area contributed by atoms with Gasteiger partial charge in [0, 0.05) is 5.56 Å².